The van der Waals surface area contributed by atoms with Crippen LogP contribution in [0.3, 0.4) is 0 Å². The van der Waals surface area contributed by atoms with E-state index in [-0.39, 0.29) is 17.6 Å². The van der Waals surface area contributed by atoms with E-state index in [1.807, 2.05) is 0 Å². The maximum atomic E-state index is 13.0. The number of halogens is 1. The van der Waals surface area contributed by atoms with E-state index >= 15 is 0 Å². The van der Waals surface area contributed by atoms with Crippen LogP contribution in [0.25, 0.3) is 21.9 Å². The van der Waals surface area contributed by atoms with Gasteiger partial charge in [0.2, 0.25) is 0 Å². The molecule has 0 aliphatic heterocycles. The van der Waals surface area contributed by atoms with Crippen molar-refractivity contribution in [1.29, 1.82) is 0 Å². The Morgan fingerprint density at radius 1 is 1.26 bits per heavy atom. The van der Waals surface area contributed by atoms with Gasteiger partial charge in [-0.25, -0.2) is 14.2 Å². The summed E-state index contributed by atoms with van der Waals surface area (Å²) in [6.07, 6.45) is -0.702. The fourth-order valence-electron chi connectivity index (χ4n) is 2.95. The van der Waals surface area contributed by atoms with Crippen LogP contribution in [0.15, 0.2) is 26.2 Å². The van der Waals surface area contributed by atoms with Crippen LogP contribution in [0.4, 0.5) is 4.79 Å². The van der Waals surface area contributed by atoms with Gasteiger partial charge in [0.15, 0.2) is 0 Å². The molecule has 144 valence electrons. The third kappa shape index (κ3) is 3.16. The molecule has 1 N–H and O–H groups in total. The van der Waals surface area contributed by atoms with Gasteiger partial charge in [0.25, 0.3) is 5.56 Å². The van der Waals surface area contributed by atoms with Crippen molar-refractivity contribution in [2.45, 2.75) is 39.8 Å². The lowest BCUT2D eigenvalue weighted by Crippen LogP contribution is -2.36. The van der Waals surface area contributed by atoms with Crippen molar-refractivity contribution in [3.8, 4) is 5.75 Å². The Hall–Kier alpha value is -2.55. The van der Waals surface area contributed by atoms with E-state index in [1.54, 1.807) is 39.8 Å². The molecule has 27 heavy (non-hydrogen) atoms. The summed E-state index contributed by atoms with van der Waals surface area (Å²) in [7, 11) is 1.51. The number of rotatable bonds is 2. The van der Waals surface area contributed by atoms with Crippen molar-refractivity contribution in [3.63, 3.8) is 0 Å². The molecule has 0 saturated carbocycles. The quantitative estimate of drug-likeness (QED) is 0.663. The minimum Gasteiger partial charge on any atom is -0.496 e. The largest absolute Gasteiger partial charge is 0.496 e. The smallest absolute Gasteiger partial charge is 0.419 e. The predicted molar refractivity (Wildman–Crippen MR) is 106 cm³/mol. The molecule has 9 heteroatoms. The summed E-state index contributed by atoms with van der Waals surface area (Å²) in [6, 6.07) is 3.32. The third-order valence-electron chi connectivity index (χ3n) is 4.06. The first kappa shape index (κ1) is 19.2. The van der Waals surface area contributed by atoms with Crippen molar-refractivity contribution in [2.24, 2.45) is 0 Å². The summed E-state index contributed by atoms with van der Waals surface area (Å²) < 4.78 is 13.6. The number of fused-ring (bicyclic) bond motifs is 3. The Morgan fingerprint density at radius 2 is 1.93 bits per heavy atom. The molecule has 2 aromatic heterocycles. The van der Waals surface area contributed by atoms with Gasteiger partial charge in [-0.3, -0.25) is 9.36 Å². The van der Waals surface area contributed by atoms with Crippen LogP contribution >= 0.6 is 15.9 Å². The van der Waals surface area contributed by atoms with Crippen molar-refractivity contribution in [2.75, 3.05) is 7.11 Å². The zero-order valence-electron chi connectivity index (χ0n) is 15.7. The van der Waals surface area contributed by atoms with E-state index in [0.29, 0.717) is 21.1 Å². The van der Waals surface area contributed by atoms with Gasteiger partial charge in [-0.2, -0.15) is 0 Å². The number of carbonyl (C=O) groups is 1. The Morgan fingerprint density at radius 3 is 2.48 bits per heavy atom. The summed E-state index contributed by atoms with van der Waals surface area (Å²) in [5, 5.41) is 0.508. The first-order chi connectivity index (χ1) is 12.6. The summed E-state index contributed by atoms with van der Waals surface area (Å²) in [6.45, 7) is 7.08. The minimum atomic E-state index is -0.754. The topological polar surface area (TPSA) is 95.3 Å². The number of aromatic amines is 1. The SMILES string of the molecule is CCn1c(=O)[nH]c2c3cc(OC)c(Br)cc3n(C(=O)OC(C)(C)C)c2c1=O. The normalized spacial score (nSPS) is 11.9. The number of benzene rings is 1. The van der Waals surface area contributed by atoms with Crippen molar-refractivity contribution < 1.29 is 14.3 Å². The van der Waals surface area contributed by atoms with E-state index in [0.717, 1.165) is 4.57 Å². The average molecular weight is 438 g/mol. The monoisotopic (exact) mass is 437 g/mol. The van der Waals surface area contributed by atoms with E-state index < -0.39 is 22.9 Å². The fraction of sp³-hybridized carbons (Fsp3) is 0.389. The lowest BCUT2D eigenvalue weighted by molar-refractivity contribution is 0.0551. The molecule has 8 nitrogen and oxygen atoms in total. The van der Waals surface area contributed by atoms with Crippen molar-refractivity contribution in [3.05, 3.63) is 37.4 Å². The lowest BCUT2D eigenvalue weighted by Gasteiger charge is -2.20. The van der Waals surface area contributed by atoms with Gasteiger partial charge in [0.1, 0.15) is 16.9 Å². The highest BCUT2D eigenvalue weighted by atomic mass is 79.9. The number of carbonyl (C=O) groups excluding carboxylic acids is 1. The van der Waals surface area contributed by atoms with E-state index in [4.69, 9.17) is 9.47 Å². The van der Waals surface area contributed by atoms with Crippen LogP contribution in [0.2, 0.25) is 0 Å². The van der Waals surface area contributed by atoms with Crippen LogP contribution in [0.1, 0.15) is 27.7 Å². The molecule has 0 radical (unpaired) electrons. The van der Waals surface area contributed by atoms with Crippen LogP contribution < -0.4 is 16.0 Å². The van der Waals surface area contributed by atoms with Crippen LogP contribution in [-0.4, -0.2) is 32.9 Å². The second kappa shape index (κ2) is 6.56. The molecule has 3 aromatic rings. The van der Waals surface area contributed by atoms with Crippen LogP contribution in [0, 0.1) is 0 Å². The molecule has 0 aliphatic rings. The first-order valence-electron chi connectivity index (χ1n) is 8.37. The Kier molecular flexibility index (Phi) is 4.67. The van der Waals surface area contributed by atoms with Gasteiger partial charge in [-0.05, 0) is 55.8 Å². The van der Waals surface area contributed by atoms with Gasteiger partial charge < -0.3 is 14.5 Å². The van der Waals surface area contributed by atoms with Gasteiger partial charge in [-0.15, -0.1) is 0 Å². The standard InChI is InChI=1S/C18H20BrN3O5/c1-6-21-15(23)14-13(20-16(21)24)9-7-12(26-5)10(19)8-11(9)22(14)17(25)27-18(2,3)4/h7-8H,6H2,1-5H3,(H,20,24). The molecule has 3 rings (SSSR count). The number of ether oxygens (including phenoxy) is 2. The molecular weight excluding hydrogens is 418 g/mol. The molecule has 0 aliphatic carbocycles. The lowest BCUT2D eigenvalue weighted by atomic mass is 10.2. The third-order valence-corrected chi connectivity index (χ3v) is 4.68. The first-order valence-corrected chi connectivity index (χ1v) is 9.16. The Bertz CT molecular complexity index is 1180. The molecule has 0 spiro atoms. The van der Waals surface area contributed by atoms with Gasteiger partial charge >= 0.3 is 11.8 Å². The van der Waals surface area contributed by atoms with Gasteiger partial charge in [0, 0.05) is 11.9 Å². The molecule has 0 saturated heterocycles. The Balaban J connectivity index is 2.53. The summed E-state index contributed by atoms with van der Waals surface area (Å²) in [5.74, 6) is 0.506. The summed E-state index contributed by atoms with van der Waals surface area (Å²) in [4.78, 5) is 40.9. The molecular formula is C18H20BrN3O5. The highest BCUT2D eigenvalue weighted by molar-refractivity contribution is 9.10. The number of nitrogens with one attached hydrogen (secondary N) is 1. The van der Waals surface area contributed by atoms with Crippen molar-refractivity contribution >= 4 is 44.0 Å². The number of aromatic nitrogens is 3. The maximum Gasteiger partial charge on any atom is 0.419 e. The second-order valence-electron chi connectivity index (χ2n) is 7.02. The average Bonchev–Trinajstić information content (AvgIpc) is 2.86. The number of hydrogen-bond acceptors (Lipinski definition) is 5. The zero-order chi connectivity index (χ0) is 20.1. The van der Waals surface area contributed by atoms with Gasteiger partial charge in [0.05, 0.1) is 22.6 Å². The van der Waals surface area contributed by atoms with Crippen LogP contribution in [-0.2, 0) is 11.3 Å². The number of methoxy groups -OCH3 is 1. The van der Waals surface area contributed by atoms with Gasteiger partial charge in [-0.1, -0.05) is 0 Å². The van der Waals surface area contributed by atoms with E-state index in [2.05, 4.69) is 20.9 Å². The highest BCUT2D eigenvalue weighted by Gasteiger charge is 2.26. The molecule has 0 unspecified atom stereocenters. The van der Waals surface area contributed by atoms with Crippen molar-refractivity contribution in [1.82, 2.24) is 14.1 Å². The minimum absolute atomic E-state index is 0.0563. The second-order valence-corrected chi connectivity index (χ2v) is 7.88. The predicted octanol–water partition coefficient (Wildman–Crippen LogP) is 3.22. The molecule has 0 fully saturated rings. The number of hydrogen-bond donors (Lipinski definition) is 1. The molecule has 0 atom stereocenters. The van der Waals surface area contributed by atoms with E-state index in [1.165, 1.54) is 11.7 Å². The van der Waals surface area contributed by atoms with Crippen LogP contribution in [0.5, 0.6) is 5.75 Å². The molecule has 2 heterocycles. The number of nitrogens with zero attached hydrogens (tertiary/aromatic N) is 2. The number of H-pyrrole nitrogens is 1. The molecule has 0 bridgehead atoms. The molecule has 1 aromatic carbocycles. The van der Waals surface area contributed by atoms with E-state index in [9.17, 15) is 14.4 Å². The Labute approximate surface area is 162 Å². The molecule has 0 amide bonds. The summed E-state index contributed by atoms with van der Waals surface area (Å²) in [5.41, 5.74) is -1.11. The zero-order valence-corrected chi connectivity index (χ0v) is 17.3. The highest BCUT2D eigenvalue weighted by Crippen LogP contribution is 2.34. The summed E-state index contributed by atoms with van der Waals surface area (Å²) >= 11 is 3.39. The maximum absolute atomic E-state index is 13.0. The fourth-order valence-corrected chi connectivity index (χ4v) is 3.45.